The van der Waals surface area contributed by atoms with Crippen LogP contribution in [0.5, 0.6) is 0 Å². The molecule has 0 aromatic carbocycles. The summed E-state index contributed by atoms with van der Waals surface area (Å²) >= 11 is 0. The zero-order valence-electron chi connectivity index (χ0n) is 11.2. The first-order valence-electron chi connectivity index (χ1n) is 7.37. The Morgan fingerprint density at radius 1 is 1.18 bits per heavy atom. The van der Waals surface area contributed by atoms with Crippen LogP contribution in [0.25, 0.3) is 0 Å². The van der Waals surface area contributed by atoms with Gasteiger partial charge in [-0.1, -0.05) is 6.92 Å². The smallest absolute Gasteiger partial charge is 0.150 e. The van der Waals surface area contributed by atoms with Gasteiger partial charge < -0.3 is 5.32 Å². The molecule has 4 saturated carbocycles. The largest absolute Gasteiger partial charge is 0.310 e. The van der Waals surface area contributed by atoms with Crippen molar-refractivity contribution in [2.45, 2.75) is 57.9 Å². The molecule has 96 valence electrons. The Kier molecular flexibility index (Phi) is 2.81. The molecular weight excluding hydrogens is 210 g/mol. The van der Waals surface area contributed by atoms with E-state index in [-0.39, 0.29) is 6.04 Å². The first kappa shape index (κ1) is 11.7. The molecule has 1 unspecified atom stereocenters. The molecule has 0 aromatic rings. The lowest BCUT2D eigenvalue weighted by Gasteiger charge is -2.59. The van der Waals surface area contributed by atoms with Gasteiger partial charge in [0.1, 0.15) is 5.78 Å². The minimum atomic E-state index is 0.140. The highest BCUT2D eigenvalue weighted by molar-refractivity contribution is 5.84. The zero-order chi connectivity index (χ0) is 12.0. The number of carbonyl (C=O) groups excluding carboxylic acids is 1. The van der Waals surface area contributed by atoms with E-state index in [1.165, 1.54) is 38.5 Å². The lowest BCUT2D eigenvalue weighted by atomic mass is 9.47. The number of carbonyl (C=O) groups is 1. The number of hydrogen-bond acceptors (Lipinski definition) is 2. The molecule has 2 nitrogen and oxygen atoms in total. The molecule has 4 bridgehead atoms. The van der Waals surface area contributed by atoms with E-state index in [0.29, 0.717) is 17.6 Å². The third kappa shape index (κ3) is 1.76. The lowest BCUT2D eigenvalue weighted by Crippen LogP contribution is -2.58. The van der Waals surface area contributed by atoms with E-state index in [9.17, 15) is 4.79 Å². The molecule has 0 aromatic heterocycles. The summed E-state index contributed by atoms with van der Waals surface area (Å²) in [4.78, 5) is 12.2. The maximum Gasteiger partial charge on any atom is 0.150 e. The molecule has 0 saturated heterocycles. The SMILES string of the molecule is CCC(=O)C(NC)C12CC3CC(CC(C3)C1)C2. The highest BCUT2D eigenvalue weighted by atomic mass is 16.1. The second kappa shape index (κ2) is 4.08. The van der Waals surface area contributed by atoms with Crippen LogP contribution in [0.15, 0.2) is 0 Å². The van der Waals surface area contributed by atoms with Crippen LogP contribution in [0.1, 0.15) is 51.9 Å². The van der Waals surface area contributed by atoms with E-state index in [2.05, 4.69) is 5.32 Å². The molecule has 4 aliphatic carbocycles. The van der Waals surface area contributed by atoms with Crippen LogP contribution in [0.3, 0.4) is 0 Å². The zero-order valence-corrected chi connectivity index (χ0v) is 11.2. The van der Waals surface area contributed by atoms with E-state index in [1.807, 2.05) is 14.0 Å². The van der Waals surface area contributed by atoms with Gasteiger partial charge in [-0.2, -0.15) is 0 Å². The van der Waals surface area contributed by atoms with Gasteiger partial charge in [0.15, 0.2) is 0 Å². The Hall–Kier alpha value is -0.370. The predicted octanol–water partition coefficient (Wildman–Crippen LogP) is 2.77. The van der Waals surface area contributed by atoms with Gasteiger partial charge in [0.25, 0.3) is 0 Å². The van der Waals surface area contributed by atoms with Crippen molar-refractivity contribution in [3.05, 3.63) is 0 Å². The molecule has 0 radical (unpaired) electrons. The van der Waals surface area contributed by atoms with Crippen LogP contribution in [0, 0.1) is 23.2 Å². The number of nitrogens with one attached hydrogen (secondary N) is 1. The topological polar surface area (TPSA) is 29.1 Å². The van der Waals surface area contributed by atoms with E-state index in [4.69, 9.17) is 0 Å². The Labute approximate surface area is 105 Å². The molecule has 17 heavy (non-hydrogen) atoms. The molecule has 1 N–H and O–H groups in total. The fraction of sp³-hybridized carbons (Fsp3) is 0.933. The highest BCUT2D eigenvalue weighted by Crippen LogP contribution is 2.61. The van der Waals surface area contributed by atoms with Crippen molar-refractivity contribution >= 4 is 5.78 Å². The average Bonchev–Trinajstić information content (AvgIpc) is 2.27. The molecule has 2 heteroatoms. The first-order valence-corrected chi connectivity index (χ1v) is 7.37. The van der Waals surface area contributed by atoms with Gasteiger partial charge in [-0.3, -0.25) is 4.79 Å². The molecule has 4 rings (SSSR count). The normalized spacial score (nSPS) is 44.9. The fourth-order valence-electron chi connectivity index (χ4n) is 5.54. The van der Waals surface area contributed by atoms with Gasteiger partial charge in [0, 0.05) is 6.42 Å². The second-order valence-electron chi connectivity index (χ2n) is 6.82. The van der Waals surface area contributed by atoms with E-state index < -0.39 is 0 Å². The van der Waals surface area contributed by atoms with Gasteiger partial charge in [0.2, 0.25) is 0 Å². The van der Waals surface area contributed by atoms with Crippen molar-refractivity contribution < 1.29 is 4.79 Å². The number of likely N-dealkylation sites (N-methyl/N-ethyl adjacent to an activating group) is 1. The van der Waals surface area contributed by atoms with Crippen molar-refractivity contribution in [2.24, 2.45) is 23.2 Å². The quantitative estimate of drug-likeness (QED) is 0.812. The van der Waals surface area contributed by atoms with Crippen molar-refractivity contribution in [1.82, 2.24) is 5.32 Å². The summed E-state index contributed by atoms with van der Waals surface area (Å²) in [5, 5.41) is 3.36. The van der Waals surface area contributed by atoms with Gasteiger partial charge in [0.05, 0.1) is 6.04 Å². The summed E-state index contributed by atoms with van der Waals surface area (Å²) in [5.41, 5.74) is 0.330. The minimum Gasteiger partial charge on any atom is -0.310 e. The van der Waals surface area contributed by atoms with E-state index in [1.54, 1.807) is 0 Å². The van der Waals surface area contributed by atoms with Crippen LogP contribution < -0.4 is 5.32 Å². The maximum atomic E-state index is 12.2. The molecule has 0 amide bonds. The fourth-order valence-corrected chi connectivity index (χ4v) is 5.54. The molecule has 4 fully saturated rings. The standard InChI is InChI=1S/C15H25NO/c1-3-13(17)14(16-2)15-7-10-4-11(8-15)6-12(5-10)9-15/h10-12,14,16H,3-9H2,1-2H3. The monoisotopic (exact) mass is 235 g/mol. The summed E-state index contributed by atoms with van der Waals surface area (Å²) < 4.78 is 0. The van der Waals surface area contributed by atoms with Crippen molar-refractivity contribution in [3.8, 4) is 0 Å². The van der Waals surface area contributed by atoms with Crippen LogP contribution in [0.2, 0.25) is 0 Å². The lowest BCUT2D eigenvalue weighted by molar-refractivity contribution is -0.132. The second-order valence-corrected chi connectivity index (χ2v) is 6.82. The molecule has 0 aliphatic heterocycles. The van der Waals surface area contributed by atoms with Crippen LogP contribution >= 0.6 is 0 Å². The van der Waals surface area contributed by atoms with E-state index in [0.717, 1.165) is 17.8 Å². The predicted molar refractivity (Wildman–Crippen MR) is 68.8 cm³/mol. The van der Waals surface area contributed by atoms with Gasteiger partial charge in [-0.15, -0.1) is 0 Å². The van der Waals surface area contributed by atoms with Gasteiger partial charge >= 0.3 is 0 Å². The summed E-state index contributed by atoms with van der Waals surface area (Å²) in [6.45, 7) is 2.01. The Morgan fingerprint density at radius 2 is 1.65 bits per heavy atom. The van der Waals surface area contributed by atoms with Crippen molar-refractivity contribution in [3.63, 3.8) is 0 Å². The van der Waals surface area contributed by atoms with Crippen LogP contribution in [-0.4, -0.2) is 18.9 Å². The van der Waals surface area contributed by atoms with Crippen molar-refractivity contribution in [1.29, 1.82) is 0 Å². The number of Topliss-reactive ketones (excluding diaryl/α,β-unsaturated/α-hetero) is 1. The third-order valence-corrected chi connectivity index (χ3v) is 5.66. The first-order chi connectivity index (χ1) is 8.16. The summed E-state index contributed by atoms with van der Waals surface area (Å²) in [6.07, 6.45) is 9.00. The van der Waals surface area contributed by atoms with E-state index >= 15 is 0 Å². The van der Waals surface area contributed by atoms with Crippen LogP contribution in [0.4, 0.5) is 0 Å². The van der Waals surface area contributed by atoms with Crippen LogP contribution in [-0.2, 0) is 4.79 Å². The maximum absolute atomic E-state index is 12.2. The number of rotatable bonds is 4. The summed E-state index contributed by atoms with van der Waals surface area (Å²) in [5.74, 6) is 3.24. The third-order valence-electron chi connectivity index (χ3n) is 5.66. The number of ketones is 1. The molecule has 4 aliphatic rings. The van der Waals surface area contributed by atoms with Gasteiger partial charge in [-0.25, -0.2) is 0 Å². The van der Waals surface area contributed by atoms with Gasteiger partial charge in [-0.05, 0) is 68.7 Å². The molecular formula is C15H25NO. The Balaban J connectivity index is 1.87. The minimum absolute atomic E-state index is 0.140. The molecule has 0 heterocycles. The number of hydrogen-bond donors (Lipinski definition) is 1. The average molecular weight is 235 g/mol. The Morgan fingerprint density at radius 3 is 2.00 bits per heavy atom. The Bertz CT molecular complexity index is 288. The summed E-state index contributed by atoms with van der Waals surface area (Å²) in [7, 11) is 1.98. The highest BCUT2D eigenvalue weighted by Gasteiger charge is 2.55. The van der Waals surface area contributed by atoms with Crippen molar-refractivity contribution in [2.75, 3.05) is 7.05 Å². The summed E-state index contributed by atoms with van der Waals surface area (Å²) in [6, 6.07) is 0.140. The molecule has 1 atom stereocenters. The molecule has 0 spiro atoms.